The normalized spacial score (nSPS) is 10.2. The number of nitrogens with zero attached hydrogens (tertiary/aromatic N) is 1. The number of benzene rings is 1. The second-order valence-corrected chi connectivity index (χ2v) is 4.31. The zero-order valence-corrected chi connectivity index (χ0v) is 10.4. The van der Waals surface area contributed by atoms with Crippen molar-refractivity contribution >= 4 is 18.5 Å². The Morgan fingerprint density at radius 3 is 2.82 bits per heavy atom. The first-order valence-corrected chi connectivity index (χ1v) is 5.68. The third kappa shape index (κ3) is 2.91. The van der Waals surface area contributed by atoms with Crippen LogP contribution in [0.5, 0.6) is 0 Å². The highest BCUT2D eigenvalue weighted by Gasteiger charge is 2.12. The van der Waals surface area contributed by atoms with E-state index in [0.717, 1.165) is 10.7 Å². The molecule has 2 aromatic rings. The predicted octanol–water partition coefficient (Wildman–Crippen LogP) is 2.84. The third-order valence-corrected chi connectivity index (χ3v) is 2.69. The van der Waals surface area contributed by atoms with Gasteiger partial charge in [0.2, 0.25) is 0 Å². The van der Waals surface area contributed by atoms with Gasteiger partial charge < -0.3 is 9.32 Å². The van der Waals surface area contributed by atoms with Crippen molar-refractivity contribution < 1.29 is 9.21 Å². The average molecular weight is 247 g/mol. The molecule has 0 radical (unpaired) electrons. The van der Waals surface area contributed by atoms with Gasteiger partial charge in [0.15, 0.2) is 0 Å². The lowest BCUT2D eigenvalue weighted by molar-refractivity contribution is 0.0775. The Kier molecular flexibility index (Phi) is 3.54. The summed E-state index contributed by atoms with van der Waals surface area (Å²) in [6.07, 6.45) is 1.60. The average Bonchev–Trinajstić information content (AvgIpc) is 2.80. The van der Waals surface area contributed by atoms with Gasteiger partial charge in [-0.1, -0.05) is 6.07 Å². The van der Waals surface area contributed by atoms with E-state index in [4.69, 9.17) is 4.42 Å². The van der Waals surface area contributed by atoms with E-state index in [9.17, 15) is 4.79 Å². The molecule has 3 nitrogen and oxygen atoms in total. The van der Waals surface area contributed by atoms with Gasteiger partial charge in [0.1, 0.15) is 5.76 Å². The molecule has 0 spiro atoms. The Bertz CT molecular complexity index is 508. The minimum atomic E-state index is -0.0442. The van der Waals surface area contributed by atoms with E-state index in [0.29, 0.717) is 12.1 Å². The first-order chi connectivity index (χ1) is 8.16. The number of thiol groups is 1. The molecular formula is C13H13NO2S. The van der Waals surface area contributed by atoms with Gasteiger partial charge >= 0.3 is 0 Å². The quantitative estimate of drug-likeness (QED) is 0.846. The first-order valence-electron chi connectivity index (χ1n) is 5.23. The lowest BCUT2D eigenvalue weighted by Gasteiger charge is -2.15. The van der Waals surface area contributed by atoms with Gasteiger partial charge in [-0.15, -0.1) is 12.6 Å². The summed E-state index contributed by atoms with van der Waals surface area (Å²) in [6, 6.07) is 10.8. The van der Waals surface area contributed by atoms with Gasteiger partial charge in [0.25, 0.3) is 5.91 Å². The molecule has 1 heterocycles. The van der Waals surface area contributed by atoms with Crippen molar-refractivity contribution in [1.82, 2.24) is 4.90 Å². The maximum atomic E-state index is 12.1. The molecule has 2 rings (SSSR count). The van der Waals surface area contributed by atoms with E-state index in [1.54, 1.807) is 30.3 Å². The van der Waals surface area contributed by atoms with Crippen LogP contribution >= 0.6 is 12.6 Å². The van der Waals surface area contributed by atoms with Crippen molar-refractivity contribution in [1.29, 1.82) is 0 Å². The largest absolute Gasteiger partial charge is 0.467 e. The van der Waals surface area contributed by atoms with Crippen LogP contribution in [-0.4, -0.2) is 17.9 Å². The first kappa shape index (κ1) is 11.8. The van der Waals surface area contributed by atoms with Crippen molar-refractivity contribution in [3.8, 4) is 0 Å². The number of carbonyl (C=O) groups excluding carboxylic acids is 1. The van der Waals surface area contributed by atoms with Crippen molar-refractivity contribution in [2.45, 2.75) is 11.4 Å². The smallest absolute Gasteiger partial charge is 0.254 e. The fourth-order valence-electron chi connectivity index (χ4n) is 1.57. The molecule has 0 saturated carbocycles. The molecule has 4 heteroatoms. The summed E-state index contributed by atoms with van der Waals surface area (Å²) in [6.45, 7) is 0.461. The summed E-state index contributed by atoms with van der Waals surface area (Å²) in [4.78, 5) is 14.5. The number of hydrogen-bond acceptors (Lipinski definition) is 3. The maximum Gasteiger partial charge on any atom is 0.254 e. The van der Waals surface area contributed by atoms with Crippen LogP contribution in [0.4, 0.5) is 0 Å². The van der Waals surface area contributed by atoms with E-state index < -0.39 is 0 Å². The van der Waals surface area contributed by atoms with E-state index in [1.807, 2.05) is 24.3 Å². The molecule has 1 amide bonds. The molecule has 17 heavy (non-hydrogen) atoms. The van der Waals surface area contributed by atoms with E-state index in [2.05, 4.69) is 12.6 Å². The van der Waals surface area contributed by atoms with E-state index >= 15 is 0 Å². The van der Waals surface area contributed by atoms with Gasteiger partial charge in [-0.2, -0.15) is 0 Å². The number of amides is 1. The molecule has 0 atom stereocenters. The van der Waals surface area contributed by atoms with Gasteiger partial charge in [-0.3, -0.25) is 4.79 Å². The number of furan rings is 1. The van der Waals surface area contributed by atoms with Crippen LogP contribution in [0.15, 0.2) is 52.0 Å². The van der Waals surface area contributed by atoms with Crippen LogP contribution in [0.25, 0.3) is 0 Å². The zero-order valence-electron chi connectivity index (χ0n) is 9.46. The van der Waals surface area contributed by atoms with Gasteiger partial charge in [0, 0.05) is 17.5 Å². The maximum absolute atomic E-state index is 12.1. The monoisotopic (exact) mass is 247 g/mol. The van der Waals surface area contributed by atoms with Crippen LogP contribution in [0.3, 0.4) is 0 Å². The molecule has 1 aromatic carbocycles. The molecule has 0 aliphatic rings. The molecule has 0 N–H and O–H groups in total. The standard InChI is InChI=1S/C13H13NO2S/c1-14(9-11-5-3-7-16-11)13(15)10-4-2-6-12(17)8-10/h2-8,17H,9H2,1H3. The SMILES string of the molecule is CN(Cc1ccco1)C(=O)c1cccc(S)c1. The highest BCUT2D eigenvalue weighted by atomic mass is 32.1. The number of rotatable bonds is 3. The van der Waals surface area contributed by atoms with Crippen LogP contribution in [0.2, 0.25) is 0 Å². The summed E-state index contributed by atoms with van der Waals surface area (Å²) < 4.78 is 5.20. The second-order valence-electron chi connectivity index (χ2n) is 3.79. The second kappa shape index (κ2) is 5.10. The molecule has 0 unspecified atom stereocenters. The highest BCUT2D eigenvalue weighted by Crippen LogP contribution is 2.12. The van der Waals surface area contributed by atoms with Crippen molar-refractivity contribution in [3.05, 3.63) is 54.0 Å². The summed E-state index contributed by atoms with van der Waals surface area (Å²) >= 11 is 4.22. The predicted molar refractivity (Wildman–Crippen MR) is 68.2 cm³/mol. The fraction of sp³-hybridized carbons (Fsp3) is 0.154. The summed E-state index contributed by atoms with van der Waals surface area (Å²) in [7, 11) is 1.75. The van der Waals surface area contributed by atoms with Crippen molar-refractivity contribution in [3.63, 3.8) is 0 Å². The van der Waals surface area contributed by atoms with Gasteiger partial charge in [0.05, 0.1) is 12.8 Å². The van der Waals surface area contributed by atoms with Gasteiger partial charge in [-0.25, -0.2) is 0 Å². The molecule has 0 aliphatic heterocycles. The highest BCUT2D eigenvalue weighted by molar-refractivity contribution is 7.80. The molecule has 0 aliphatic carbocycles. The van der Waals surface area contributed by atoms with Crippen LogP contribution < -0.4 is 0 Å². The number of carbonyl (C=O) groups is 1. The molecule has 0 saturated heterocycles. The molecule has 88 valence electrons. The van der Waals surface area contributed by atoms with Crippen LogP contribution in [0.1, 0.15) is 16.1 Å². The molecule has 0 bridgehead atoms. The Balaban J connectivity index is 2.09. The lowest BCUT2D eigenvalue weighted by Crippen LogP contribution is -2.25. The minimum Gasteiger partial charge on any atom is -0.467 e. The zero-order chi connectivity index (χ0) is 12.3. The number of hydrogen-bond donors (Lipinski definition) is 1. The third-order valence-electron chi connectivity index (χ3n) is 2.41. The lowest BCUT2D eigenvalue weighted by atomic mass is 10.2. The Labute approximate surface area is 105 Å². The summed E-state index contributed by atoms with van der Waals surface area (Å²) in [5, 5.41) is 0. The van der Waals surface area contributed by atoms with Crippen molar-refractivity contribution in [2.24, 2.45) is 0 Å². The molecule has 0 fully saturated rings. The van der Waals surface area contributed by atoms with Gasteiger partial charge in [-0.05, 0) is 30.3 Å². The Morgan fingerprint density at radius 2 is 2.18 bits per heavy atom. The van der Waals surface area contributed by atoms with Crippen LogP contribution in [-0.2, 0) is 6.54 Å². The molecule has 1 aromatic heterocycles. The van der Waals surface area contributed by atoms with E-state index in [1.165, 1.54) is 0 Å². The van der Waals surface area contributed by atoms with Crippen LogP contribution in [0, 0.1) is 0 Å². The Morgan fingerprint density at radius 1 is 1.35 bits per heavy atom. The van der Waals surface area contributed by atoms with E-state index in [-0.39, 0.29) is 5.91 Å². The topological polar surface area (TPSA) is 33.5 Å². The molecular weight excluding hydrogens is 234 g/mol. The fourth-order valence-corrected chi connectivity index (χ4v) is 1.79. The summed E-state index contributed by atoms with van der Waals surface area (Å²) in [5.74, 6) is 0.722. The van der Waals surface area contributed by atoms with Crippen molar-refractivity contribution in [2.75, 3.05) is 7.05 Å². The Hall–Kier alpha value is -1.68. The minimum absolute atomic E-state index is 0.0442. The summed E-state index contributed by atoms with van der Waals surface area (Å²) in [5.41, 5.74) is 0.631.